The normalized spacial score (nSPS) is 12.9. The predicted octanol–water partition coefficient (Wildman–Crippen LogP) is 18.7. The molecule has 0 heterocycles. The lowest BCUT2D eigenvalue weighted by Crippen LogP contribution is -2.29. The van der Waals surface area contributed by atoms with Crippen molar-refractivity contribution < 1.29 is 37.6 Å². The first-order valence-electron chi connectivity index (χ1n) is 30.0. The monoisotopic (exact) mass is 986 g/mol. The summed E-state index contributed by atoms with van der Waals surface area (Å²) in [6.45, 7) is 3.83. The van der Waals surface area contributed by atoms with Crippen molar-refractivity contribution in [2.75, 3.05) is 26.4 Å². The molecule has 2 atom stereocenters. The zero-order chi connectivity index (χ0) is 49.5. The molecule has 0 bridgehead atoms. The van der Waals surface area contributed by atoms with E-state index in [9.17, 15) is 19.0 Å². The van der Waals surface area contributed by atoms with Crippen LogP contribution in [0.3, 0.4) is 0 Å². The lowest BCUT2D eigenvalue weighted by Gasteiger charge is -2.19. The number of carbonyl (C=O) groups is 2. The number of hydrogen-bond donors (Lipinski definition) is 2. The van der Waals surface area contributed by atoms with E-state index in [0.717, 1.165) is 32.1 Å². The standard InChI is InChI=1S/C58H116NO8P/c1-3-5-7-9-11-13-15-17-19-21-23-25-27-29-31-33-35-37-39-41-43-45-47-49-51-58(61)67-56(55-66-68(62,63)65-53-52-59)54-64-57(60)50-48-46-44-42-40-38-36-34-32-30-28-26-24-22-20-18-16-14-12-10-8-6-4-2/h56H,3-55,59H2,1-2H3,(H,62,63). The SMILES string of the molecule is CCCCCCCCCCCCCCCCCCCCCCCCCCC(=O)OC(COC(=O)CCCCCCCCCCCCCCCCCCCCCCCCC)COP(=O)(O)OCCN. The fourth-order valence-electron chi connectivity index (χ4n) is 9.29. The molecule has 68 heavy (non-hydrogen) atoms. The van der Waals surface area contributed by atoms with Crippen molar-refractivity contribution in [3.05, 3.63) is 0 Å². The lowest BCUT2D eigenvalue weighted by atomic mass is 10.0. The van der Waals surface area contributed by atoms with E-state index >= 15 is 0 Å². The molecule has 0 aliphatic heterocycles. The molecule has 0 aliphatic rings. The molecule has 9 nitrogen and oxygen atoms in total. The third kappa shape index (κ3) is 54.3. The molecule has 0 radical (unpaired) electrons. The van der Waals surface area contributed by atoms with E-state index in [1.54, 1.807) is 0 Å². The summed E-state index contributed by atoms with van der Waals surface area (Å²) < 4.78 is 33.1. The number of phosphoric acid groups is 1. The summed E-state index contributed by atoms with van der Waals surface area (Å²) in [6, 6.07) is 0. The largest absolute Gasteiger partial charge is 0.472 e. The molecule has 0 spiro atoms. The predicted molar refractivity (Wildman–Crippen MR) is 289 cm³/mol. The van der Waals surface area contributed by atoms with Crippen LogP contribution in [0.4, 0.5) is 0 Å². The summed E-state index contributed by atoms with van der Waals surface area (Å²) in [6.07, 6.45) is 61.7. The molecule has 0 aromatic carbocycles. The fraction of sp³-hybridized carbons (Fsp3) is 0.966. The van der Waals surface area contributed by atoms with Crippen LogP contribution in [-0.2, 0) is 32.7 Å². The highest BCUT2D eigenvalue weighted by Gasteiger charge is 2.26. The van der Waals surface area contributed by atoms with E-state index in [-0.39, 0.29) is 32.1 Å². The van der Waals surface area contributed by atoms with Gasteiger partial charge in [0.15, 0.2) is 6.10 Å². The zero-order valence-corrected chi connectivity index (χ0v) is 46.3. The van der Waals surface area contributed by atoms with Gasteiger partial charge in [0, 0.05) is 19.4 Å². The van der Waals surface area contributed by atoms with Crippen LogP contribution in [0, 0.1) is 0 Å². The number of ether oxygens (including phenoxy) is 2. The van der Waals surface area contributed by atoms with Crippen molar-refractivity contribution in [3.63, 3.8) is 0 Å². The summed E-state index contributed by atoms with van der Waals surface area (Å²) in [5, 5.41) is 0. The average molecular weight is 987 g/mol. The molecule has 406 valence electrons. The molecule has 0 rings (SSSR count). The van der Waals surface area contributed by atoms with Gasteiger partial charge in [0.2, 0.25) is 0 Å². The van der Waals surface area contributed by atoms with Gasteiger partial charge in [0.1, 0.15) is 6.61 Å². The molecule has 0 aromatic rings. The minimum absolute atomic E-state index is 0.0586. The van der Waals surface area contributed by atoms with Crippen molar-refractivity contribution in [3.8, 4) is 0 Å². The van der Waals surface area contributed by atoms with Crippen molar-refractivity contribution in [2.45, 2.75) is 335 Å². The molecule has 2 unspecified atom stereocenters. The van der Waals surface area contributed by atoms with Crippen LogP contribution in [0.15, 0.2) is 0 Å². The summed E-state index contributed by atoms with van der Waals surface area (Å²) in [7, 11) is -4.38. The summed E-state index contributed by atoms with van der Waals surface area (Å²) in [5.74, 6) is -0.801. The van der Waals surface area contributed by atoms with Crippen LogP contribution in [0.2, 0.25) is 0 Å². The topological polar surface area (TPSA) is 134 Å². The Balaban J connectivity index is 3.89. The molecule has 0 aliphatic carbocycles. The average Bonchev–Trinajstić information content (AvgIpc) is 3.33. The Morgan fingerprint density at radius 3 is 0.897 bits per heavy atom. The fourth-order valence-corrected chi connectivity index (χ4v) is 10.1. The molecule has 3 N–H and O–H groups in total. The number of hydrogen-bond acceptors (Lipinski definition) is 8. The van der Waals surface area contributed by atoms with Crippen LogP contribution in [0.25, 0.3) is 0 Å². The Labute approximate surface area is 422 Å². The van der Waals surface area contributed by atoms with Gasteiger partial charge < -0.3 is 20.1 Å². The smallest absolute Gasteiger partial charge is 0.462 e. The van der Waals surface area contributed by atoms with E-state index in [4.69, 9.17) is 24.3 Å². The van der Waals surface area contributed by atoms with Gasteiger partial charge in [0.05, 0.1) is 13.2 Å². The second kappa shape index (κ2) is 55.3. The number of esters is 2. The summed E-state index contributed by atoms with van der Waals surface area (Å²) >= 11 is 0. The Kier molecular flexibility index (Phi) is 54.5. The minimum Gasteiger partial charge on any atom is -0.462 e. The van der Waals surface area contributed by atoms with Crippen molar-refractivity contribution in [1.29, 1.82) is 0 Å². The second-order valence-corrected chi connectivity index (χ2v) is 22.0. The van der Waals surface area contributed by atoms with Crippen LogP contribution < -0.4 is 5.73 Å². The van der Waals surface area contributed by atoms with Gasteiger partial charge in [-0.1, -0.05) is 303 Å². The van der Waals surface area contributed by atoms with Crippen molar-refractivity contribution >= 4 is 19.8 Å². The number of rotatable bonds is 58. The second-order valence-electron chi connectivity index (χ2n) is 20.6. The van der Waals surface area contributed by atoms with Gasteiger partial charge in [-0.25, -0.2) is 4.57 Å². The quantitative estimate of drug-likeness (QED) is 0.0347. The van der Waals surface area contributed by atoms with Crippen molar-refractivity contribution in [2.24, 2.45) is 5.73 Å². The lowest BCUT2D eigenvalue weighted by molar-refractivity contribution is -0.161. The van der Waals surface area contributed by atoms with Gasteiger partial charge in [0.25, 0.3) is 0 Å². The summed E-state index contributed by atoms with van der Waals surface area (Å²) in [4.78, 5) is 35.2. The maximum atomic E-state index is 12.7. The molecular formula is C58H116NO8P. The van der Waals surface area contributed by atoms with E-state index in [1.807, 2.05) is 0 Å². The number of phosphoric ester groups is 1. The summed E-state index contributed by atoms with van der Waals surface area (Å²) in [5.41, 5.74) is 5.39. The van der Waals surface area contributed by atoms with Crippen molar-refractivity contribution in [1.82, 2.24) is 0 Å². The number of unbranched alkanes of at least 4 members (excludes halogenated alkanes) is 45. The Bertz CT molecular complexity index is 1080. The molecule has 0 saturated heterocycles. The van der Waals surface area contributed by atoms with Gasteiger partial charge in [-0.05, 0) is 12.8 Å². The third-order valence-electron chi connectivity index (χ3n) is 13.7. The van der Waals surface area contributed by atoms with Gasteiger partial charge in [-0.15, -0.1) is 0 Å². The van der Waals surface area contributed by atoms with Crippen LogP contribution in [-0.4, -0.2) is 49.3 Å². The van der Waals surface area contributed by atoms with E-state index in [0.29, 0.717) is 12.8 Å². The Hall–Kier alpha value is -0.990. The molecule has 10 heteroatoms. The first-order valence-corrected chi connectivity index (χ1v) is 31.5. The van der Waals surface area contributed by atoms with Gasteiger partial charge in [-0.2, -0.15) is 0 Å². The molecule has 0 amide bonds. The maximum absolute atomic E-state index is 12.7. The zero-order valence-electron chi connectivity index (χ0n) is 45.4. The maximum Gasteiger partial charge on any atom is 0.472 e. The van der Waals surface area contributed by atoms with Crippen LogP contribution >= 0.6 is 7.82 Å². The van der Waals surface area contributed by atoms with Gasteiger partial charge in [-0.3, -0.25) is 18.6 Å². The Morgan fingerprint density at radius 1 is 0.382 bits per heavy atom. The van der Waals surface area contributed by atoms with E-state index in [2.05, 4.69) is 13.8 Å². The van der Waals surface area contributed by atoms with E-state index < -0.39 is 26.5 Å². The highest BCUT2D eigenvalue weighted by molar-refractivity contribution is 7.47. The highest BCUT2D eigenvalue weighted by Crippen LogP contribution is 2.43. The minimum atomic E-state index is -4.38. The van der Waals surface area contributed by atoms with Gasteiger partial charge >= 0.3 is 19.8 Å². The number of carbonyl (C=O) groups excluding carboxylic acids is 2. The number of nitrogens with two attached hydrogens (primary N) is 1. The molecule has 0 aromatic heterocycles. The Morgan fingerprint density at radius 2 is 0.632 bits per heavy atom. The van der Waals surface area contributed by atoms with E-state index in [1.165, 1.54) is 263 Å². The van der Waals surface area contributed by atoms with Crippen LogP contribution in [0.1, 0.15) is 328 Å². The first-order chi connectivity index (χ1) is 33.3. The molecular weight excluding hydrogens is 870 g/mol. The molecule has 0 fully saturated rings. The highest BCUT2D eigenvalue weighted by atomic mass is 31.2. The third-order valence-corrected chi connectivity index (χ3v) is 14.7. The molecule has 0 saturated carbocycles. The first kappa shape index (κ1) is 67.0. The van der Waals surface area contributed by atoms with Crippen LogP contribution in [0.5, 0.6) is 0 Å².